The van der Waals surface area contributed by atoms with Crippen LogP contribution in [-0.2, 0) is 0 Å². The van der Waals surface area contributed by atoms with E-state index in [1.165, 1.54) is 0 Å². The van der Waals surface area contributed by atoms with Crippen LogP contribution in [0.15, 0.2) is 48.7 Å². The predicted octanol–water partition coefficient (Wildman–Crippen LogP) is 4.12. The summed E-state index contributed by atoms with van der Waals surface area (Å²) in [5, 5.41) is 1.07. The highest BCUT2D eigenvalue weighted by Crippen LogP contribution is 2.20. The summed E-state index contributed by atoms with van der Waals surface area (Å²) in [5.41, 5.74) is 4.00. The Morgan fingerprint density at radius 3 is 2.76 bits per heavy atom. The van der Waals surface area contributed by atoms with E-state index in [0.29, 0.717) is 0 Å². The summed E-state index contributed by atoms with van der Waals surface area (Å²) in [6.07, 6.45) is 5.85. The van der Waals surface area contributed by atoms with Gasteiger partial charge in [-0.2, -0.15) is 0 Å². The van der Waals surface area contributed by atoms with Crippen molar-refractivity contribution in [3.05, 3.63) is 65.6 Å². The molecular weight excluding hydrogens is 260 g/mol. The minimum Gasteiger partial charge on any atom is -0.497 e. The van der Waals surface area contributed by atoms with Gasteiger partial charge in [-0.1, -0.05) is 18.2 Å². The molecule has 2 heterocycles. The molecule has 0 unspecified atom stereocenters. The molecule has 2 aromatic heterocycles. The Hall–Kier alpha value is -2.68. The first kappa shape index (κ1) is 13.3. The second kappa shape index (κ2) is 5.75. The summed E-state index contributed by atoms with van der Waals surface area (Å²) in [4.78, 5) is 8.91. The third-order valence-electron chi connectivity index (χ3n) is 3.40. The highest BCUT2D eigenvalue weighted by atomic mass is 16.5. The number of aromatic nitrogens is 2. The van der Waals surface area contributed by atoms with Crippen molar-refractivity contribution in [2.45, 2.75) is 6.92 Å². The van der Waals surface area contributed by atoms with Crippen molar-refractivity contribution in [2.75, 3.05) is 7.11 Å². The molecule has 0 amide bonds. The molecule has 0 aliphatic heterocycles. The lowest BCUT2D eigenvalue weighted by Crippen LogP contribution is -1.87. The van der Waals surface area contributed by atoms with Crippen molar-refractivity contribution in [2.24, 2.45) is 0 Å². The zero-order chi connectivity index (χ0) is 14.7. The molecular formula is C18H16N2O. The van der Waals surface area contributed by atoms with Crippen molar-refractivity contribution < 1.29 is 4.74 Å². The topological polar surface area (TPSA) is 35.0 Å². The molecule has 104 valence electrons. The van der Waals surface area contributed by atoms with Crippen molar-refractivity contribution in [1.29, 1.82) is 0 Å². The van der Waals surface area contributed by atoms with Crippen molar-refractivity contribution in [3.8, 4) is 5.75 Å². The van der Waals surface area contributed by atoms with Gasteiger partial charge in [0.2, 0.25) is 0 Å². The van der Waals surface area contributed by atoms with Crippen LogP contribution in [0.3, 0.4) is 0 Å². The van der Waals surface area contributed by atoms with Crippen LogP contribution in [-0.4, -0.2) is 17.1 Å². The zero-order valence-electron chi connectivity index (χ0n) is 12.1. The van der Waals surface area contributed by atoms with Crippen LogP contribution in [0.4, 0.5) is 0 Å². The second-order valence-corrected chi connectivity index (χ2v) is 4.81. The Labute approximate surface area is 123 Å². The molecule has 0 aliphatic rings. The molecule has 0 bridgehead atoms. The lowest BCUT2D eigenvalue weighted by atomic mass is 10.1. The van der Waals surface area contributed by atoms with E-state index in [-0.39, 0.29) is 0 Å². The van der Waals surface area contributed by atoms with Crippen molar-refractivity contribution >= 4 is 23.1 Å². The van der Waals surface area contributed by atoms with E-state index in [1.807, 2.05) is 55.5 Å². The molecule has 1 aromatic carbocycles. The first-order chi connectivity index (χ1) is 10.3. The van der Waals surface area contributed by atoms with Gasteiger partial charge in [0.25, 0.3) is 0 Å². The smallest absolute Gasteiger partial charge is 0.119 e. The largest absolute Gasteiger partial charge is 0.497 e. The molecule has 0 saturated heterocycles. The number of methoxy groups -OCH3 is 1. The van der Waals surface area contributed by atoms with E-state index in [2.05, 4.69) is 16.0 Å². The Bertz CT molecular complexity index is 809. The van der Waals surface area contributed by atoms with E-state index < -0.39 is 0 Å². The van der Waals surface area contributed by atoms with E-state index in [4.69, 9.17) is 4.74 Å². The van der Waals surface area contributed by atoms with Crippen molar-refractivity contribution in [3.63, 3.8) is 0 Å². The molecule has 0 N–H and O–H groups in total. The molecule has 0 spiro atoms. The molecule has 0 fully saturated rings. The number of aryl methyl sites for hydroxylation is 1. The van der Waals surface area contributed by atoms with Crippen LogP contribution in [0.25, 0.3) is 23.1 Å². The van der Waals surface area contributed by atoms with Gasteiger partial charge in [-0.15, -0.1) is 0 Å². The minimum absolute atomic E-state index is 0.846. The fourth-order valence-corrected chi connectivity index (χ4v) is 2.19. The normalized spacial score (nSPS) is 11.1. The maximum absolute atomic E-state index is 5.22. The van der Waals surface area contributed by atoms with Gasteiger partial charge in [0.05, 0.1) is 18.3 Å². The van der Waals surface area contributed by atoms with Gasteiger partial charge >= 0.3 is 0 Å². The highest BCUT2D eigenvalue weighted by Gasteiger charge is 1.99. The number of ether oxygens (including phenoxy) is 1. The third-order valence-corrected chi connectivity index (χ3v) is 3.40. The zero-order valence-corrected chi connectivity index (χ0v) is 12.1. The summed E-state index contributed by atoms with van der Waals surface area (Å²) in [7, 11) is 1.67. The summed E-state index contributed by atoms with van der Waals surface area (Å²) < 4.78 is 5.22. The summed E-state index contributed by atoms with van der Waals surface area (Å²) in [6, 6.07) is 13.9. The number of benzene rings is 1. The van der Waals surface area contributed by atoms with Crippen LogP contribution >= 0.6 is 0 Å². The maximum atomic E-state index is 5.22. The monoisotopic (exact) mass is 276 g/mol. The molecule has 21 heavy (non-hydrogen) atoms. The second-order valence-electron chi connectivity index (χ2n) is 4.81. The van der Waals surface area contributed by atoms with E-state index in [1.54, 1.807) is 13.3 Å². The molecule has 3 nitrogen and oxygen atoms in total. The quantitative estimate of drug-likeness (QED) is 0.722. The average molecular weight is 276 g/mol. The minimum atomic E-state index is 0.846. The molecule has 3 rings (SSSR count). The van der Waals surface area contributed by atoms with Crippen LogP contribution in [0, 0.1) is 6.92 Å². The third kappa shape index (κ3) is 2.92. The fraction of sp³-hybridized carbons (Fsp3) is 0.111. The van der Waals surface area contributed by atoms with Gasteiger partial charge in [0.15, 0.2) is 0 Å². The van der Waals surface area contributed by atoms with Crippen LogP contribution in [0.2, 0.25) is 0 Å². The Kier molecular flexibility index (Phi) is 3.65. The average Bonchev–Trinajstić information content (AvgIpc) is 2.53. The van der Waals surface area contributed by atoms with Gasteiger partial charge < -0.3 is 4.74 Å². The van der Waals surface area contributed by atoms with E-state index >= 15 is 0 Å². The van der Waals surface area contributed by atoms with Crippen LogP contribution < -0.4 is 4.74 Å². The summed E-state index contributed by atoms with van der Waals surface area (Å²) in [5.74, 6) is 0.846. The number of fused-ring (bicyclic) bond motifs is 1. The van der Waals surface area contributed by atoms with Gasteiger partial charge in [0, 0.05) is 17.3 Å². The Morgan fingerprint density at radius 2 is 1.95 bits per heavy atom. The highest BCUT2D eigenvalue weighted by molar-refractivity contribution is 5.82. The molecule has 0 saturated carbocycles. The van der Waals surface area contributed by atoms with Crippen molar-refractivity contribution in [1.82, 2.24) is 9.97 Å². The SMILES string of the molecule is COc1ccc2nc(/C=C/c3cccnc3C)ccc2c1. The summed E-state index contributed by atoms with van der Waals surface area (Å²) in [6.45, 7) is 2.00. The summed E-state index contributed by atoms with van der Waals surface area (Å²) >= 11 is 0. The standard InChI is InChI=1S/C18H16N2O/c1-13-14(4-3-11-19-13)5-7-16-8-6-15-12-17(21-2)9-10-18(15)20-16/h3-12H,1-2H3/b7-5+. The number of nitrogens with zero attached hydrogens (tertiary/aromatic N) is 2. The lowest BCUT2D eigenvalue weighted by molar-refractivity contribution is 0.415. The predicted molar refractivity (Wildman–Crippen MR) is 86.2 cm³/mol. The fourth-order valence-electron chi connectivity index (χ4n) is 2.19. The number of hydrogen-bond donors (Lipinski definition) is 0. The molecule has 0 radical (unpaired) electrons. The first-order valence-electron chi connectivity index (χ1n) is 6.81. The number of hydrogen-bond acceptors (Lipinski definition) is 3. The van der Waals surface area contributed by atoms with Gasteiger partial charge in [-0.25, -0.2) is 4.98 Å². The molecule has 0 atom stereocenters. The molecule has 3 aromatic rings. The van der Waals surface area contributed by atoms with Gasteiger partial charge in [-0.05, 0) is 48.9 Å². The maximum Gasteiger partial charge on any atom is 0.119 e. The van der Waals surface area contributed by atoms with E-state index in [9.17, 15) is 0 Å². The molecule has 0 aliphatic carbocycles. The number of rotatable bonds is 3. The van der Waals surface area contributed by atoms with Crippen LogP contribution in [0.1, 0.15) is 17.0 Å². The lowest BCUT2D eigenvalue weighted by Gasteiger charge is -2.03. The number of pyridine rings is 2. The van der Waals surface area contributed by atoms with Crippen LogP contribution in [0.5, 0.6) is 5.75 Å². The van der Waals surface area contributed by atoms with E-state index in [0.717, 1.165) is 33.6 Å². The van der Waals surface area contributed by atoms with Gasteiger partial charge in [-0.3, -0.25) is 4.98 Å². The Balaban J connectivity index is 1.93. The Morgan fingerprint density at radius 1 is 1.05 bits per heavy atom. The van der Waals surface area contributed by atoms with Gasteiger partial charge in [0.1, 0.15) is 5.75 Å². The first-order valence-corrected chi connectivity index (χ1v) is 6.81. The molecule has 3 heteroatoms.